The predicted molar refractivity (Wildman–Crippen MR) is 106 cm³/mol. The lowest BCUT2D eigenvalue weighted by molar-refractivity contribution is -0.144. The van der Waals surface area contributed by atoms with Gasteiger partial charge in [0.05, 0.1) is 47.3 Å². The van der Waals surface area contributed by atoms with Crippen LogP contribution < -0.4 is 9.80 Å². The molecule has 1 saturated heterocycles. The Morgan fingerprint density at radius 2 is 2.15 bits per heavy atom. The molecular weight excluding hydrogens is 391 g/mol. The maximum absolute atomic E-state index is 12.2. The van der Waals surface area contributed by atoms with Crippen LogP contribution in [0.3, 0.4) is 0 Å². The molecule has 2 aromatic rings. The summed E-state index contributed by atoms with van der Waals surface area (Å²) in [6.45, 7) is 1.92. The molecule has 0 unspecified atom stereocenters. The standard InChI is InChI=1S/C18H18Cl2N4O3/c1-27-18(26)17-13(25)4-6-24(17)14-8-12(23-7-5-21-9-23)10-2-3-11(19)15(20)16(10)22-14/h2-3,8-9,13,17,25H,4-7H2,1H3/t13-,17-/m1/s1. The average molecular weight is 409 g/mol. The van der Waals surface area contributed by atoms with E-state index in [1.54, 1.807) is 17.3 Å². The summed E-state index contributed by atoms with van der Waals surface area (Å²) in [5.74, 6) is 0.0392. The van der Waals surface area contributed by atoms with Gasteiger partial charge in [0.25, 0.3) is 0 Å². The fraction of sp³-hybridized carbons (Fsp3) is 0.389. The molecule has 142 valence electrons. The van der Waals surface area contributed by atoms with Gasteiger partial charge in [0.1, 0.15) is 5.82 Å². The Morgan fingerprint density at radius 3 is 2.85 bits per heavy atom. The molecular formula is C18H18Cl2N4O3. The minimum Gasteiger partial charge on any atom is -0.467 e. The zero-order chi connectivity index (χ0) is 19.1. The number of pyridine rings is 1. The molecule has 2 aliphatic rings. The molecule has 0 bridgehead atoms. The molecule has 2 atom stereocenters. The Labute approximate surface area is 166 Å². The molecule has 0 amide bonds. The molecule has 1 aromatic heterocycles. The molecule has 7 nitrogen and oxygen atoms in total. The summed E-state index contributed by atoms with van der Waals surface area (Å²) in [5, 5.41) is 11.9. The number of ether oxygens (including phenoxy) is 1. The molecule has 1 fully saturated rings. The largest absolute Gasteiger partial charge is 0.467 e. The van der Waals surface area contributed by atoms with Crippen LogP contribution in [0.15, 0.2) is 23.2 Å². The molecule has 0 saturated carbocycles. The number of aliphatic hydroxyl groups excluding tert-OH is 1. The number of fused-ring (bicyclic) bond motifs is 1. The average Bonchev–Trinajstić information content (AvgIpc) is 3.33. The van der Waals surface area contributed by atoms with Crippen molar-refractivity contribution in [2.24, 2.45) is 4.99 Å². The number of aliphatic hydroxyl groups is 1. The van der Waals surface area contributed by atoms with E-state index in [2.05, 4.69) is 9.98 Å². The van der Waals surface area contributed by atoms with E-state index in [1.807, 2.05) is 17.0 Å². The summed E-state index contributed by atoms with van der Waals surface area (Å²) in [7, 11) is 1.31. The number of nitrogens with zero attached hydrogens (tertiary/aromatic N) is 4. The van der Waals surface area contributed by atoms with Gasteiger partial charge >= 0.3 is 5.97 Å². The Bertz CT molecular complexity index is 936. The van der Waals surface area contributed by atoms with Crippen LogP contribution >= 0.6 is 23.2 Å². The van der Waals surface area contributed by atoms with Crippen molar-refractivity contribution in [3.63, 3.8) is 0 Å². The fourth-order valence-corrected chi connectivity index (χ4v) is 3.95. The van der Waals surface area contributed by atoms with Crippen molar-refractivity contribution in [2.45, 2.75) is 18.6 Å². The first-order valence-electron chi connectivity index (χ1n) is 8.59. The number of carbonyl (C=O) groups is 1. The second-order valence-electron chi connectivity index (χ2n) is 6.49. The van der Waals surface area contributed by atoms with Crippen molar-refractivity contribution in [1.29, 1.82) is 0 Å². The lowest BCUT2D eigenvalue weighted by Crippen LogP contribution is -2.43. The molecule has 0 radical (unpaired) electrons. The number of esters is 1. The van der Waals surface area contributed by atoms with Crippen molar-refractivity contribution < 1.29 is 14.6 Å². The number of benzene rings is 1. The zero-order valence-corrected chi connectivity index (χ0v) is 16.1. The first kappa shape index (κ1) is 18.3. The predicted octanol–water partition coefficient (Wildman–Crippen LogP) is 2.50. The van der Waals surface area contributed by atoms with E-state index in [1.165, 1.54) is 7.11 Å². The summed E-state index contributed by atoms with van der Waals surface area (Å²) < 4.78 is 4.87. The normalized spacial score (nSPS) is 22.1. The molecule has 0 aliphatic carbocycles. The highest BCUT2D eigenvalue weighted by molar-refractivity contribution is 6.45. The third-order valence-corrected chi connectivity index (χ3v) is 5.73. The lowest BCUT2D eigenvalue weighted by Gasteiger charge is -2.27. The Balaban J connectivity index is 1.89. The molecule has 0 spiro atoms. The summed E-state index contributed by atoms with van der Waals surface area (Å²) >= 11 is 12.6. The molecule has 3 heterocycles. The topological polar surface area (TPSA) is 78.3 Å². The van der Waals surface area contributed by atoms with Gasteiger partial charge in [0, 0.05) is 24.5 Å². The number of aliphatic imine (C=N–C) groups is 1. The number of methoxy groups -OCH3 is 1. The monoisotopic (exact) mass is 408 g/mol. The van der Waals surface area contributed by atoms with Crippen molar-refractivity contribution in [3.8, 4) is 0 Å². The number of hydrogen-bond donors (Lipinski definition) is 1. The van der Waals surface area contributed by atoms with Crippen LogP contribution in [-0.4, -0.2) is 61.3 Å². The van der Waals surface area contributed by atoms with E-state index in [9.17, 15) is 9.90 Å². The van der Waals surface area contributed by atoms with E-state index in [0.717, 1.165) is 17.6 Å². The Kier molecular flexibility index (Phi) is 4.84. The van der Waals surface area contributed by atoms with Crippen LogP contribution in [0, 0.1) is 0 Å². The van der Waals surface area contributed by atoms with Crippen LogP contribution in [0.4, 0.5) is 11.5 Å². The van der Waals surface area contributed by atoms with Gasteiger partial charge in [-0.25, -0.2) is 9.78 Å². The van der Waals surface area contributed by atoms with Crippen LogP contribution in [-0.2, 0) is 9.53 Å². The fourth-order valence-electron chi connectivity index (χ4n) is 3.59. The Morgan fingerprint density at radius 1 is 1.33 bits per heavy atom. The minimum absolute atomic E-state index is 0.350. The van der Waals surface area contributed by atoms with E-state index in [0.29, 0.717) is 40.9 Å². The van der Waals surface area contributed by atoms with Crippen LogP contribution in [0.2, 0.25) is 10.0 Å². The SMILES string of the molecule is COC(=O)[C@H]1[C@H](O)CCN1c1cc(N2C=NCC2)c2ccc(Cl)c(Cl)c2n1. The van der Waals surface area contributed by atoms with Crippen LogP contribution in [0.25, 0.3) is 10.9 Å². The van der Waals surface area contributed by atoms with Crippen molar-refractivity contribution >= 4 is 57.9 Å². The van der Waals surface area contributed by atoms with Crippen molar-refractivity contribution in [2.75, 3.05) is 36.5 Å². The number of halogens is 2. The zero-order valence-electron chi connectivity index (χ0n) is 14.6. The van der Waals surface area contributed by atoms with Gasteiger partial charge in [-0.3, -0.25) is 4.99 Å². The summed E-state index contributed by atoms with van der Waals surface area (Å²) in [6, 6.07) is 4.69. The van der Waals surface area contributed by atoms with E-state index < -0.39 is 18.1 Å². The summed E-state index contributed by atoms with van der Waals surface area (Å²) in [4.78, 5) is 24.9. The Hall–Kier alpha value is -2.09. The van der Waals surface area contributed by atoms with Crippen LogP contribution in [0.5, 0.6) is 0 Å². The molecule has 9 heteroatoms. The maximum Gasteiger partial charge on any atom is 0.331 e. The quantitative estimate of drug-likeness (QED) is 0.785. The molecule has 1 N–H and O–H groups in total. The van der Waals surface area contributed by atoms with E-state index in [-0.39, 0.29) is 0 Å². The number of anilines is 2. The van der Waals surface area contributed by atoms with Gasteiger partial charge in [-0.1, -0.05) is 23.2 Å². The van der Waals surface area contributed by atoms with Crippen molar-refractivity contribution in [3.05, 3.63) is 28.2 Å². The van der Waals surface area contributed by atoms with Gasteiger partial charge in [-0.15, -0.1) is 0 Å². The highest BCUT2D eigenvalue weighted by Gasteiger charge is 2.40. The molecule has 2 aliphatic heterocycles. The third-order valence-electron chi connectivity index (χ3n) is 4.94. The number of carbonyl (C=O) groups excluding carboxylic acids is 1. The highest BCUT2D eigenvalue weighted by Crippen LogP contribution is 2.38. The summed E-state index contributed by atoms with van der Waals surface area (Å²) in [5.41, 5.74) is 1.42. The number of hydrogen-bond acceptors (Lipinski definition) is 7. The van der Waals surface area contributed by atoms with Crippen molar-refractivity contribution in [1.82, 2.24) is 4.98 Å². The smallest absolute Gasteiger partial charge is 0.331 e. The highest BCUT2D eigenvalue weighted by atomic mass is 35.5. The van der Waals surface area contributed by atoms with Gasteiger partial charge < -0.3 is 19.6 Å². The summed E-state index contributed by atoms with van der Waals surface area (Å²) in [6.07, 6.45) is 1.41. The van der Waals surface area contributed by atoms with Gasteiger partial charge in [0.2, 0.25) is 0 Å². The first-order valence-corrected chi connectivity index (χ1v) is 9.34. The maximum atomic E-state index is 12.2. The van der Waals surface area contributed by atoms with Gasteiger partial charge in [-0.05, 0) is 18.6 Å². The first-order chi connectivity index (χ1) is 13.0. The van der Waals surface area contributed by atoms with E-state index in [4.69, 9.17) is 27.9 Å². The second kappa shape index (κ2) is 7.14. The van der Waals surface area contributed by atoms with E-state index >= 15 is 0 Å². The lowest BCUT2D eigenvalue weighted by atomic mass is 10.1. The molecule has 27 heavy (non-hydrogen) atoms. The number of rotatable bonds is 3. The molecule has 1 aromatic carbocycles. The molecule has 4 rings (SSSR count). The van der Waals surface area contributed by atoms with Crippen LogP contribution in [0.1, 0.15) is 6.42 Å². The number of aromatic nitrogens is 1. The van der Waals surface area contributed by atoms with Gasteiger partial charge in [-0.2, -0.15) is 0 Å². The second-order valence-corrected chi connectivity index (χ2v) is 7.27. The van der Waals surface area contributed by atoms with Gasteiger partial charge in [0.15, 0.2) is 6.04 Å². The minimum atomic E-state index is -0.818. The third kappa shape index (κ3) is 3.09.